The van der Waals surface area contributed by atoms with Gasteiger partial charge >= 0.3 is 0 Å². The maximum Gasteiger partial charge on any atom is 0.124 e. The molecule has 0 amide bonds. The van der Waals surface area contributed by atoms with Crippen molar-refractivity contribution in [2.75, 3.05) is 11.1 Å². The summed E-state index contributed by atoms with van der Waals surface area (Å²) in [4.78, 5) is 0. The highest BCUT2D eigenvalue weighted by Gasteiger charge is 2.03. The highest BCUT2D eigenvalue weighted by Crippen LogP contribution is 2.22. The maximum atomic E-state index is 6.10. The lowest BCUT2D eigenvalue weighted by Gasteiger charge is -2.10. The van der Waals surface area contributed by atoms with E-state index in [-0.39, 0.29) is 0 Å². The quantitative estimate of drug-likeness (QED) is 0.705. The second-order valence-electron chi connectivity index (χ2n) is 4.59. The molecule has 1 heterocycles. The number of aryl methyl sites for hydroxylation is 1. The Morgan fingerprint density at radius 2 is 1.89 bits per heavy atom. The van der Waals surface area contributed by atoms with E-state index in [1.807, 2.05) is 31.3 Å². The second-order valence-corrected chi connectivity index (χ2v) is 4.59. The molecule has 2 aromatic carbocycles. The molecule has 0 radical (unpaired) electrons. The number of nitrogens with two attached hydrogens (primary N) is 1. The van der Waals surface area contributed by atoms with Crippen molar-refractivity contribution < 1.29 is 0 Å². The lowest BCUT2D eigenvalue weighted by molar-refractivity contribution is 0.769. The molecule has 1 aromatic heterocycles. The highest BCUT2D eigenvalue weighted by atomic mass is 15.3. The predicted molar refractivity (Wildman–Crippen MR) is 78.9 cm³/mol. The molecule has 19 heavy (non-hydrogen) atoms. The fraction of sp³-hybridized carbons (Fsp3) is 0.133. The van der Waals surface area contributed by atoms with Gasteiger partial charge in [-0.3, -0.25) is 4.68 Å². The Morgan fingerprint density at radius 3 is 2.58 bits per heavy atom. The van der Waals surface area contributed by atoms with Gasteiger partial charge in [-0.15, -0.1) is 0 Å². The third-order valence-corrected chi connectivity index (χ3v) is 3.29. The van der Waals surface area contributed by atoms with E-state index in [1.54, 1.807) is 10.9 Å². The van der Waals surface area contributed by atoms with Crippen molar-refractivity contribution in [3.8, 4) is 0 Å². The number of nitrogens with zero attached hydrogens (tertiary/aromatic N) is 2. The number of aromatic nitrogens is 2. The molecule has 0 atom stereocenters. The number of rotatable bonds is 3. The molecule has 0 unspecified atom stereocenters. The lowest BCUT2D eigenvalue weighted by atomic mass is 10.1. The first-order valence-electron chi connectivity index (χ1n) is 6.23. The summed E-state index contributed by atoms with van der Waals surface area (Å²) in [6, 6.07) is 14.3. The number of nitrogen functional groups attached to an aromatic ring is 1. The van der Waals surface area contributed by atoms with Gasteiger partial charge in [-0.05, 0) is 28.5 Å². The van der Waals surface area contributed by atoms with Crippen LogP contribution in [0.4, 0.5) is 11.5 Å². The Labute approximate surface area is 111 Å². The maximum absolute atomic E-state index is 6.10. The monoisotopic (exact) mass is 252 g/mol. The van der Waals surface area contributed by atoms with Crippen LogP contribution in [0.2, 0.25) is 0 Å². The molecule has 0 saturated carbocycles. The van der Waals surface area contributed by atoms with Crippen molar-refractivity contribution in [1.82, 2.24) is 9.78 Å². The molecule has 0 aliphatic carbocycles. The molecule has 0 aliphatic heterocycles. The molecule has 96 valence electrons. The molecule has 3 rings (SSSR count). The van der Waals surface area contributed by atoms with Crippen LogP contribution < -0.4 is 11.1 Å². The van der Waals surface area contributed by atoms with E-state index in [0.717, 1.165) is 17.1 Å². The molecule has 3 N–H and O–H groups in total. The normalized spacial score (nSPS) is 10.8. The third-order valence-electron chi connectivity index (χ3n) is 3.29. The van der Waals surface area contributed by atoms with E-state index in [2.05, 4.69) is 28.6 Å². The third kappa shape index (κ3) is 2.25. The Hall–Kier alpha value is -2.49. The van der Waals surface area contributed by atoms with Crippen molar-refractivity contribution >= 4 is 22.3 Å². The van der Waals surface area contributed by atoms with Crippen molar-refractivity contribution in [2.24, 2.45) is 7.05 Å². The fourth-order valence-corrected chi connectivity index (χ4v) is 2.19. The minimum Gasteiger partial charge on any atom is -0.398 e. The van der Waals surface area contributed by atoms with E-state index in [4.69, 9.17) is 5.73 Å². The molecule has 0 fully saturated rings. The van der Waals surface area contributed by atoms with Crippen LogP contribution in [0.3, 0.4) is 0 Å². The summed E-state index contributed by atoms with van der Waals surface area (Å²) >= 11 is 0. The topological polar surface area (TPSA) is 55.9 Å². The van der Waals surface area contributed by atoms with Gasteiger partial charge in [-0.2, -0.15) is 5.10 Å². The first-order valence-corrected chi connectivity index (χ1v) is 6.23. The van der Waals surface area contributed by atoms with Crippen LogP contribution in [0.15, 0.2) is 48.7 Å². The number of hydrogen-bond donors (Lipinski definition) is 2. The summed E-state index contributed by atoms with van der Waals surface area (Å²) in [7, 11) is 1.91. The fourth-order valence-electron chi connectivity index (χ4n) is 2.19. The Balaban J connectivity index is 1.88. The number of nitrogens with one attached hydrogen (secondary N) is 1. The average Bonchev–Trinajstić information content (AvgIpc) is 2.82. The standard InChI is InChI=1S/C15H16N4/c1-19-15(6-7-18-19)17-10-13-8-11-4-2-3-5-12(11)9-14(13)16/h2-9,17H,10,16H2,1H3. The largest absolute Gasteiger partial charge is 0.398 e. The molecule has 4 nitrogen and oxygen atoms in total. The van der Waals surface area contributed by atoms with E-state index < -0.39 is 0 Å². The van der Waals surface area contributed by atoms with Crippen molar-refractivity contribution in [3.05, 3.63) is 54.2 Å². The van der Waals surface area contributed by atoms with Crippen molar-refractivity contribution in [2.45, 2.75) is 6.54 Å². The van der Waals surface area contributed by atoms with Crippen LogP contribution in [-0.4, -0.2) is 9.78 Å². The van der Waals surface area contributed by atoms with Gasteiger partial charge in [0.1, 0.15) is 5.82 Å². The van der Waals surface area contributed by atoms with Crippen LogP contribution in [0.5, 0.6) is 0 Å². The second kappa shape index (κ2) is 4.65. The molecular formula is C15H16N4. The van der Waals surface area contributed by atoms with Gasteiger partial charge in [0.15, 0.2) is 0 Å². The van der Waals surface area contributed by atoms with E-state index in [0.29, 0.717) is 6.54 Å². The zero-order valence-electron chi connectivity index (χ0n) is 10.8. The lowest BCUT2D eigenvalue weighted by Crippen LogP contribution is -2.06. The van der Waals surface area contributed by atoms with E-state index in [9.17, 15) is 0 Å². The number of fused-ring (bicyclic) bond motifs is 1. The predicted octanol–water partition coefficient (Wildman–Crippen LogP) is 2.77. The number of benzene rings is 2. The highest BCUT2D eigenvalue weighted by molar-refractivity contribution is 5.86. The van der Waals surface area contributed by atoms with E-state index >= 15 is 0 Å². The Kier molecular flexibility index (Phi) is 2.83. The van der Waals surface area contributed by atoms with Crippen molar-refractivity contribution in [1.29, 1.82) is 0 Å². The minimum absolute atomic E-state index is 0.691. The molecule has 0 bridgehead atoms. The summed E-state index contributed by atoms with van der Waals surface area (Å²) in [5, 5.41) is 9.84. The van der Waals surface area contributed by atoms with Crippen LogP contribution in [0, 0.1) is 0 Å². The van der Waals surface area contributed by atoms with Crippen LogP contribution in [0.25, 0.3) is 10.8 Å². The van der Waals surface area contributed by atoms with Gasteiger partial charge in [0.25, 0.3) is 0 Å². The number of hydrogen-bond acceptors (Lipinski definition) is 3. The Bertz CT molecular complexity index is 715. The first-order chi connectivity index (χ1) is 9.24. The van der Waals surface area contributed by atoms with Crippen LogP contribution in [-0.2, 0) is 13.6 Å². The smallest absolute Gasteiger partial charge is 0.124 e. The van der Waals surface area contributed by atoms with Crippen LogP contribution >= 0.6 is 0 Å². The molecule has 0 spiro atoms. The van der Waals surface area contributed by atoms with Crippen LogP contribution in [0.1, 0.15) is 5.56 Å². The average molecular weight is 252 g/mol. The van der Waals surface area contributed by atoms with Gasteiger partial charge in [-0.1, -0.05) is 24.3 Å². The van der Waals surface area contributed by atoms with Gasteiger partial charge in [0.05, 0.1) is 6.20 Å². The molecule has 0 saturated heterocycles. The SMILES string of the molecule is Cn1nccc1NCc1cc2ccccc2cc1N. The summed E-state index contributed by atoms with van der Waals surface area (Å²) in [5.74, 6) is 0.979. The van der Waals surface area contributed by atoms with Crippen molar-refractivity contribution in [3.63, 3.8) is 0 Å². The Morgan fingerprint density at radius 1 is 1.16 bits per heavy atom. The zero-order valence-corrected chi connectivity index (χ0v) is 10.8. The van der Waals surface area contributed by atoms with Gasteiger partial charge < -0.3 is 11.1 Å². The molecule has 0 aliphatic rings. The summed E-state index contributed by atoms with van der Waals surface area (Å²) in [5.41, 5.74) is 8.01. The van der Waals surface area contributed by atoms with E-state index in [1.165, 1.54) is 10.8 Å². The molecular weight excluding hydrogens is 236 g/mol. The minimum atomic E-state index is 0.691. The molecule has 4 heteroatoms. The summed E-state index contributed by atoms with van der Waals surface area (Å²) < 4.78 is 1.80. The first kappa shape index (κ1) is 11.6. The number of anilines is 2. The van der Waals surface area contributed by atoms with Gasteiger partial charge in [-0.25, -0.2) is 0 Å². The molecule has 3 aromatic rings. The van der Waals surface area contributed by atoms with Gasteiger partial charge in [0, 0.05) is 25.3 Å². The van der Waals surface area contributed by atoms with Gasteiger partial charge in [0.2, 0.25) is 0 Å². The summed E-state index contributed by atoms with van der Waals surface area (Å²) in [6.07, 6.45) is 1.77. The zero-order chi connectivity index (χ0) is 13.2. The summed E-state index contributed by atoms with van der Waals surface area (Å²) in [6.45, 7) is 0.691.